The van der Waals surface area contributed by atoms with E-state index in [4.69, 9.17) is 11.5 Å². The fourth-order valence-electron chi connectivity index (χ4n) is 3.09. The molecule has 4 nitrogen and oxygen atoms in total. The SMILES string of the molecule is CN1CCC(N(c2ccc(N)cc2)c2ccc(N)cc2)CC1. The molecule has 22 heavy (non-hydrogen) atoms. The van der Waals surface area contributed by atoms with Gasteiger partial charge in [-0.15, -0.1) is 0 Å². The van der Waals surface area contributed by atoms with Gasteiger partial charge in [0, 0.05) is 28.8 Å². The van der Waals surface area contributed by atoms with Crippen LogP contribution in [0.25, 0.3) is 0 Å². The van der Waals surface area contributed by atoms with E-state index in [1.165, 1.54) is 11.4 Å². The van der Waals surface area contributed by atoms with Crippen molar-refractivity contribution in [3.63, 3.8) is 0 Å². The first kappa shape index (κ1) is 14.7. The van der Waals surface area contributed by atoms with Crippen molar-refractivity contribution in [2.45, 2.75) is 18.9 Å². The minimum atomic E-state index is 0.503. The molecule has 0 unspecified atom stereocenters. The smallest absolute Gasteiger partial charge is 0.0414 e. The van der Waals surface area contributed by atoms with Crippen LogP contribution in [0.2, 0.25) is 0 Å². The first-order valence-electron chi connectivity index (χ1n) is 7.82. The second-order valence-corrected chi connectivity index (χ2v) is 6.09. The van der Waals surface area contributed by atoms with Crippen LogP contribution in [0.4, 0.5) is 22.7 Å². The summed E-state index contributed by atoms with van der Waals surface area (Å²) in [6.45, 7) is 2.26. The zero-order chi connectivity index (χ0) is 15.5. The van der Waals surface area contributed by atoms with Crippen molar-refractivity contribution >= 4 is 22.7 Å². The lowest BCUT2D eigenvalue weighted by molar-refractivity contribution is 0.255. The first-order chi connectivity index (χ1) is 10.6. The molecule has 0 radical (unpaired) electrons. The zero-order valence-corrected chi connectivity index (χ0v) is 13.1. The van der Waals surface area contributed by atoms with Crippen molar-refractivity contribution in [2.75, 3.05) is 36.5 Å². The standard InChI is InChI=1S/C18H24N4/c1-21-12-10-18(11-13-21)22(16-6-2-14(19)3-7-16)17-8-4-15(20)5-9-17/h2-9,18H,10-13,19-20H2,1H3. The molecule has 2 aromatic rings. The van der Waals surface area contributed by atoms with E-state index in [2.05, 4.69) is 41.1 Å². The molecule has 1 aliphatic heterocycles. The van der Waals surface area contributed by atoms with Crippen LogP contribution < -0.4 is 16.4 Å². The van der Waals surface area contributed by atoms with E-state index in [0.29, 0.717) is 6.04 Å². The molecule has 0 spiro atoms. The Bertz CT molecular complexity index is 552. The van der Waals surface area contributed by atoms with Crippen LogP contribution in [0.1, 0.15) is 12.8 Å². The Morgan fingerprint density at radius 3 is 1.64 bits per heavy atom. The molecule has 1 fully saturated rings. The Morgan fingerprint density at radius 1 is 0.818 bits per heavy atom. The van der Waals surface area contributed by atoms with Gasteiger partial charge < -0.3 is 21.3 Å². The van der Waals surface area contributed by atoms with Gasteiger partial charge in [-0.05, 0) is 81.5 Å². The van der Waals surface area contributed by atoms with E-state index in [1.54, 1.807) is 0 Å². The van der Waals surface area contributed by atoms with Gasteiger partial charge in [0.15, 0.2) is 0 Å². The van der Waals surface area contributed by atoms with Crippen molar-refractivity contribution in [2.24, 2.45) is 0 Å². The summed E-state index contributed by atoms with van der Waals surface area (Å²) >= 11 is 0. The highest BCUT2D eigenvalue weighted by atomic mass is 15.2. The third-order valence-corrected chi connectivity index (χ3v) is 4.40. The van der Waals surface area contributed by atoms with Crippen molar-refractivity contribution in [3.8, 4) is 0 Å². The molecule has 3 rings (SSSR count). The van der Waals surface area contributed by atoms with Gasteiger partial charge in [0.1, 0.15) is 0 Å². The van der Waals surface area contributed by atoms with Gasteiger partial charge in [0.05, 0.1) is 0 Å². The van der Waals surface area contributed by atoms with E-state index >= 15 is 0 Å². The predicted octanol–water partition coefficient (Wildman–Crippen LogP) is 3.08. The fourth-order valence-corrected chi connectivity index (χ4v) is 3.09. The highest BCUT2D eigenvalue weighted by molar-refractivity contribution is 5.67. The van der Waals surface area contributed by atoms with Gasteiger partial charge in [-0.2, -0.15) is 0 Å². The molecule has 0 bridgehead atoms. The number of rotatable bonds is 3. The van der Waals surface area contributed by atoms with Crippen molar-refractivity contribution in [1.29, 1.82) is 0 Å². The molecule has 0 aliphatic carbocycles. The van der Waals surface area contributed by atoms with Crippen molar-refractivity contribution in [1.82, 2.24) is 4.90 Å². The van der Waals surface area contributed by atoms with Crippen LogP contribution >= 0.6 is 0 Å². The maximum atomic E-state index is 5.84. The molecule has 116 valence electrons. The number of benzene rings is 2. The van der Waals surface area contributed by atoms with Gasteiger partial charge >= 0.3 is 0 Å². The number of nitrogens with zero attached hydrogens (tertiary/aromatic N) is 2. The van der Waals surface area contributed by atoms with E-state index in [9.17, 15) is 0 Å². The first-order valence-corrected chi connectivity index (χ1v) is 7.82. The van der Waals surface area contributed by atoms with Gasteiger partial charge in [-0.25, -0.2) is 0 Å². The number of hydrogen-bond acceptors (Lipinski definition) is 4. The number of anilines is 4. The maximum absolute atomic E-state index is 5.84. The molecule has 0 saturated carbocycles. The monoisotopic (exact) mass is 296 g/mol. The average Bonchev–Trinajstić information content (AvgIpc) is 2.53. The van der Waals surface area contributed by atoms with E-state index < -0.39 is 0 Å². The van der Waals surface area contributed by atoms with Crippen molar-refractivity contribution < 1.29 is 0 Å². The third kappa shape index (κ3) is 3.17. The van der Waals surface area contributed by atoms with Gasteiger partial charge in [0.25, 0.3) is 0 Å². The number of nitrogen functional groups attached to an aromatic ring is 2. The third-order valence-electron chi connectivity index (χ3n) is 4.40. The molecule has 0 atom stereocenters. The molecule has 4 heteroatoms. The molecule has 0 aromatic heterocycles. The highest BCUT2D eigenvalue weighted by Gasteiger charge is 2.24. The molecule has 1 aliphatic rings. The molecular formula is C18H24N4. The summed E-state index contributed by atoms with van der Waals surface area (Å²) in [6.07, 6.45) is 2.32. The second-order valence-electron chi connectivity index (χ2n) is 6.09. The Balaban J connectivity index is 1.94. The Hall–Kier alpha value is -2.20. The molecule has 1 saturated heterocycles. The van der Waals surface area contributed by atoms with Gasteiger partial charge in [-0.1, -0.05) is 0 Å². The normalized spacial score (nSPS) is 16.6. The summed E-state index contributed by atoms with van der Waals surface area (Å²) in [5, 5.41) is 0. The summed E-state index contributed by atoms with van der Waals surface area (Å²) in [5.41, 5.74) is 15.6. The van der Waals surface area contributed by atoms with Gasteiger partial charge in [-0.3, -0.25) is 0 Å². The minimum absolute atomic E-state index is 0.503. The fraction of sp³-hybridized carbons (Fsp3) is 0.333. The van der Waals surface area contributed by atoms with Crippen LogP contribution in [0.15, 0.2) is 48.5 Å². The topological polar surface area (TPSA) is 58.5 Å². The Labute approximate surface area is 132 Å². The quantitative estimate of drug-likeness (QED) is 0.855. The summed E-state index contributed by atoms with van der Waals surface area (Å²) in [4.78, 5) is 4.81. The maximum Gasteiger partial charge on any atom is 0.0414 e. The van der Waals surface area contributed by atoms with Crippen LogP contribution in [0, 0.1) is 0 Å². The average molecular weight is 296 g/mol. The van der Waals surface area contributed by atoms with Crippen molar-refractivity contribution in [3.05, 3.63) is 48.5 Å². The Morgan fingerprint density at radius 2 is 1.23 bits per heavy atom. The molecule has 2 aromatic carbocycles. The summed E-state index contributed by atoms with van der Waals surface area (Å²) in [6, 6.07) is 16.8. The number of piperidine rings is 1. The van der Waals surface area contributed by atoms with E-state index in [0.717, 1.165) is 37.3 Å². The van der Waals surface area contributed by atoms with Gasteiger partial charge in [0.2, 0.25) is 0 Å². The van der Waals surface area contributed by atoms with Crippen LogP contribution in [0.3, 0.4) is 0 Å². The molecule has 4 N–H and O–H groups in total. The Kier molecular flexibility index (Phi) is 4.20. The lowest BCUT2D eigenvalue weighted by atomic mass is 10.0. The van der Waals surface area contributed by atoms with E-state index in [1.807, 2.05) is 24.3 Å². The number of nitrogens with two attached hydrogens (primary N) is 2. The highest BCUT2D eigenvalue weighted by Crippen LogP contribution is 2.32. The second kappa shape index (κ2) is 6.28. The zero-order valence-electron chi connectivity index (χ0n) is 13.1. The van der Waals surface area contributed by atoms with Crippen LogP contribution in [-0.2, 0) is 0 Å². The summed E-state index contributed by atoms with van der Waals surface area (Å²) < 4.78 is 0. The molecular weight excluding hydrogens is 272 g/mol. The van der Waals surface area contributed by atoms with E-state index in [-0.39, 0.29) is 0 Å². The lowest BCUT2D eigenvalue weighted by Gasteiger charge is -2.39. The predicted molar refractivity (Wildman–Crippen MR) is 94.4 cm³/mol. The summed E-state index contributed by atoms with van der Waals surface area (Å²) in [7, 11) is 2.19. The minimum Gasteiger partial charge on any atom is -0.399 e. The molecule has 1 heterocycles. The number of likely N-dealkylation sites (tertiary alicyclic amines) is 1. The largest absolute Gasteiger partial charge is 0.399 e. The van der Waals surface area contributed by atoms with Crippen LogP contribution in [0.5, 0.6) is 0 Å². The van der Waals surface area contributed by atoms with Crippen LogP contribution in [-0.4, -0.2) is 31.1 Å². The lowest BCUT2D eigenvalue weighted by Crippen LogP contribution is -2.41. The molecule has 0 amide bonds. The summed E-state index contributed by atoms with van der Waals surface area (Å²) in [5.74, 6) is 0. The number of hydrogen-bond donors (Lipinski definition) is 2.